The summed E-state index contributed by atoms with van der Waals surface area (Å²) in [5, 5.41) is -0.547. The van der Waals surface area contributed by atoms with Crippen molar-refractivity contribution in [1.82, 2.24) is 9.97 Å². The van der Waals surface area contributed by atoms with Gasteiger partial charge in [-0.3, -0.25) is 0 Å². The third-order valence-corrected chi connectivity index (χ3v) is 6.35. The van der Waals surface area contributed by atoms with Crippen LogP contribution in [0.4, 0.5) is 5.95 Å². The van der Waals surface area contributed by atoms with Crippen molar-refractivity contribution >= 4 is 32.4 Å². The molecule has 2 aromatic carbocycles. The Bertz CT molecular complexity index is 1050. The van der Waals surface area contributed by atoms with Gasteiger partial charge in [-0.15, -0.1) is 0 Å². The third-order valence-electron chi connectivity index (χ3n) is 4.18. The summed E-state index contributed by atoms with van der Waals surface area (Å²) in [7, 11) is -3.50. The van der Waals surface area contributed by atoms with Crippen LogP contribution in [0.2, 0.25) is 0 Å². The quantitative estimate of drug-likeness (QED) is 0.745. The molecule has 0 saturated heterocycles. The molecule has 0 unspecified atom stereocenters. The van der Waals surface area contributed by atoms with Crippen molar-refractivity contribution in [3.8, 4) is 0 Å². The average Bonchev–Trinajstić information content (AvgIpc) is 2.95. The summed E-state index contributed by atoms with van der Waals surface area (Å²) < 4.78 is 25.7. The highest BCUT2D eigenvalue weighted by molar-refractivity contribution is 7.92. The van der Waals surface area contributed by atoms with Gasteiger partial charge in [0, 0.05) is 0 Å². The fourth-order valence-corrected chi connectivity index (χ4v) is 4.07. The van der Waals surface area contributed by atoms with E-state index in [2.05, 4.69) is 9.97 Å². The zero-order valence-electron chi connectivity index (χ0n) is 14.4. The zero-order valence-corrected chi connectivity index (χ0v) is 15.3. The predicted molar refractivity (Wildman–Crippen MR) is 102 cm³/mol. The molecule has 3 aromatic rings. The Morgan fingerprint density at radius 1 is 1.16 bits per heavy atom. The van der Waals surface area contributed by atoms with Gasteiger partial charge in [0.1, 0.15) is 5.52 Å². The maximum absolute atomic E-state index is 12.8. The number of aromatic nitrogens is 2. The van der Waals surface area contributed by atoms with Crippen LogP contribution in [0.15, 0.2) is 53.4 Å². The van der Waals surface area contributed by atoms with Gasteiger partial charge in [0.2, 0.25) is 0 Å². The molecule has 3 N–H and O–H groups in total. The smallest absolute Gasteiger partial charge is 0.198 e. The Labute approximate surface area is 147 Å². The predicted octanol–water partition coefficient (Wildman–Crippen LogP) is 3.78. The zero-order chi connectivity index (χ0) is 18.2. The lowest BCUT2D eigenvalue weighted by Crippen LogP contribution is -2.15. The molecule has 0 radical (unpaired) electrons. The number of nitrogen functional groups attached to an aromatic ring is 1. The molecular formula is C19H21N3O2S. The minimum atomic E-state index is -3.50. The molecule has 6 heteroatoms. The van der Waals surface area contributed by atoms with Crippen molar-refractivity contribution in [3.63, 3.8) is 0 Å². The Hall–Kier alpha value is -2.60. The van der Waals surface area contributed by atoms with Crippen LogP contribution in [-0.4, -0.2) is 23.6 Å². The first-order valence-corrected chi connectivity index (χ1v) is 9.64. The van der Waals surface area contributed by atoms with Gasteiger partial charge in [0.05, 0.1) is 15.7 Å². The van der Waals surface area contributed by atoms with Gasteiger partial charge in [-0.2, -0.15) is 0 Å². The fourth-order valence-electron chi connectivity index (χ4n) is 2.85. The van der Waals surface area contributed by atoms with Crippen molar-refractivity contribution in [2.75, 3.05) is 5.73 Å². The van der Waals surface area contributed by atoms with E-state index in [0.717, 1.165) is 16.7 Å². The van der Waals surface area contributed by atoms with Crippen LogP contribution >= 0.6 is 0 Å². The number of aromatic amines is 1. The van der Waals surface area contributed by atoms with E-state index in [-0.39, 0.29) is 10.8 Å². The van der Waals surface area contributed by atoms with Gasteiger partial charge in [-0.1, -0.05) is 36.4 Å². The lowest BCUT2D eigenvalue weighted by atomic mass is 9.97. The molecule has 25 heavy (non-hydrogen) atoms. The number of allylic oxidation sites excluding steroid dienone is 1. The van der Waals surface area contributed by atoms with Crippen LogP contribution in [0, 0.1) is 0 Å². The normalized spacial score (nSPS) is 12.9. The molecule has 0 bridgehead atoms. The lowest BCUT2D eigenvalue weighted by molar-refractivity contribution is 0.588. The maximum atomic E-state index is 12.8. The number of H-pyrrole nitrogens is 1. The molecule has 0 aliphatic rings. The Morgan fingerprint density at radius 2 is 1.84 bits per heavy atom. The number of benzene rings is 2. The second-order valence-corrected chi connectivity index (χ2v) is 8.63. The Kier molecular flexibility index (Phi) is 4.39. The number of imidazole rings is 1. The van der Waals surface area contributed by atoms with Crippen molar-refractivity contribution in [3.05, 3.63) is 59.7 Å². The van der Waals surface area contributed by atoms with E-state index in [1.54, 1.807) is 19.9 Å². The minimum Gasteiger partial charge on any atom is -0.369 e. The van der Waals surface area contributed by atoms with Crippen LogP contribution in [0.1, 0.15) is 31.9 Å². The van der Waals surface area contributed by atoms with Crippen molar-refractivity contribution in [2.45, 2.75) is 30.9 Å². The topological polar surface area (TPSA) is 88.8 Å². The fraction of sp³-hybridized carbons (Fsp3) is 0.211. The highest BCUT2D eigenvalue weighted by Gasteiger charge is 2.25. The molecule has 0 fully saturated rings. The van der Waals surface area contributed by atoms with Gasteiger partial charge in [-0.25, -0.2) is 13.4 Å². The van der Waals surface area contributed by atoms with Crippen LogP contribution in [-0.2, 0) is 9.84 Å². The van der Waals surface area contributed by atoms with Crippen LogP contribution < -0.4 is 5.73 Å². The summed E-state index contributed by atoms with van der Waals surface area (Å²) in [5.41, 5.74) is 9.56. The molecule has 3 rings (SSSR count). The molecule has 0 aliphatic carbocycles. The number of anilines is 1. The van der Waals surface area contributed by atoms with E-state index in [0.29, 0.717) is 11.0 Å². The van der Waals surface area contributed by atoms with E-state index < -0.39 is 15.1 Å². The summed E-state index contributed by atoms with van der Waals surface area (Å²) in [6.07, 6.45) is 1.97. The van der Waals surface area contributed by atoms with Gasteiger partial charge in [-0.05, 0) is 49.6 Å². The van der Waals surface area contributed by atoms with E-state index in [1.807, 2.05) is 49.4 Å². The molecular weight excluding hydrogens is 334 g/mol. The number of hydrogen-bond donors (Lipinski definition) is 2. The van der Waals surface area contributed by atoms with E-state index >= 15 is 0 Å². The van der Waals surface area contributed by atoms with Gasteiger partial charge in [0.15, 0.2) is 15.8 Å². The number of nitrogens with one attached hydrogen (secondary N) is 1. The highest BCUT2D eigenvalue weighted by Crippen LogP contribution is 2.32. The first kappa shape index (κ1) is 17.2. The largest absolute Gasteiger partial charge is 0.369 e. The minimum absolute atomic E-state index is 0.203. The second-order valence-electron chi connectivity index (χ2n) is 6.15. The molecule has 130 valence electrons. The number of sulfone groups is 1. The summed E-state index contributed by atoms with van der Waals surface area (Å²) in [6.45, 7) is 5.26. The third kappa shape index (κ3) is 3.05. The number of fused-ring (bicyclic) bond motifs is 1. The van der Waals surface area contributed by atoms with E-state index in [9.17, 15) is 8.42 Å². The maximum Gasteiger partial charge on any atom is 0.198 e. The summed E-state index contributed by atoms with van der Waals surface area (Å²) in [4.78, 5) is 7.35. The second kappa shape index (κ2) is 6.37. The van der Waals surface area contributed by atoms with Crippen molar-refractivity contribution in [2.24, 2.45) is 0 Å². The number of nitrogens with two attached hydrogens (primary N) is 1. The molecule has 0 amide bonds. The standard InChI is InChI=1S/C19H21N3O2S/c1-4-15(13-8-6-5-7-9-13)14-10-16-18(22-19(20)21-16)17(11-14)25(23,24)12(2)3/h4-12H,1-3H3,(H3,20,21,22). The van der Waals surface area contributed by atoms with Crippen molar-refractivity contribution in [1.29, 1.82) is 0 Å². The average molecular weight is 355 g/mol. The number of rotatable bonds is 4. The van der Waals surface area contributed by atoms with Crippen LogP contribution in [0.25, 0.3) is 16.6 Å². The Morgan fingerprint density at radius 3 is 2.44 bits per heavy atom. The molecule has 1 heterocycles. The number of hydrogen-bond acceptors (Lipinski definition) is 4. The monoisotopic (exact) mass is 355 g/mol. The first-order valence-electron chi connectivity index (χ1n) is 8.10. The van der Waals surface area contributed by atoms with Crippen molar-refractivity contribution < 1.29 is 8.42 Å². The van der Waals surface area contributed by atoms with Gasteiger partial charge in [0.25, 0.3) is 0 Å². The number of nitrogens with zero attached hydrogens (tertiary/aromatic N) is 1. The summed E-state index contributed by atoms with van der Waals surface area (Å²) >= 11 is 0. The molecule has 0 spiro atoms. The summed E-state index contributed by atoms with van der Waals surface area (Å²) in [6, 6.07) is 13.4. The van der Waals surface area contributed by atoms with E-state index in [4.69, 9.17) is 5.73 Å². The SMILES string of the molecule is CC=C(c1ccccc1)c1cc(S(=O)(=O)C(C)C)c2nc(N)[nH]c2c1. The van der Waals surface area contributed by atoms with Crippen LogP contribution in [0.3, 0.4) is 0 Å². The molecule has 0 saturated carbocycles. The summed E-state index contributed by atoms with van der Waals surface area (Å²) in [5.74, 6) is 0.203. The first-order chi connectivity index (χ1) is 11.8. The molecule has 5 nitrogen and oxygen atoms in total. The Balaban J connectivity index is 2.31. The lowest BCUT2D eigenvalue weighted by Gasteiger charge is -2.13. The van der Waals surface area contributed by atoms with Gasteiger partial charge >= 0.3 is 0 Å². The van der Waals surface area contributed by atoms with E-state index in [1.165, 1.54) is 0 Å². The van der Waals surface area contributed by atoms with Crippen LogP contribution in [0.5, 0.6) is 0 Å². The van der Waals surface area contributed by atoms with Gasteiger partial charge < -0.3 is 10.7 Å². The molecule has 1 aromatic heterocycles. The molecule has 0 atom stereocenters. The highest BCUT2D eigenvalue weighted by atomic mass is 32.2. The molecule has 0 aliphatic heterocycles.